The highest BCUT2D eigenvalue weighted by molar-refractivity contribution is 5.89. The van der Waals surface area contributed by atoms with E-state index in [-0.39, 0.29) is 5.69 Å². The second-order valence-electron chi connectivity index (χ2n) is 4.49. The monoisotopic (exact) mass is 253 g/mol. The van der Waals surface area contributed by atoms with Crippen LogP contribution in [0.2, 0.25) is 0 Å². The summed E-state index contributed by atoms with van der Waals surface area (Å²) in [5.41, 5.74) is -1.05. The first-order valence-corrected chi connectivity index (χ1v) is 5.34. The number of aliphatic hydroxyl groups excluding tert-OH is 1. The summed E-state index contributed by atoms with van der Waals surface area (Å²) in [6.45, 7) is 2.58. The maximum absolute atomic E-state index is 11.7. The SMILES string of the molecule is CC(C)(CO)C(OC(=O)c1ccccn1)C(=O)O. The molecule has 0 saturated heterocycles. The smallest absolute Gasteiger partial charge is 0.357 e. The highest BCUT2D eigenvalue weighted by Gasteiger charge is 2.38. The molecule has 6 heteroatoms. The van der Waals surface area contributed by atoms with E-state index in [1.54, 1.807) is 12.1 Å². The van der Waals surface area contributed by atoms with Crippen LogP contribution in [0.3, 0.4) is 0 Å². The second kappa shape index (κ2) is 5.59. The zero-order valence-electron chi connectivity index (χ0n) is 10.2. The molecule has 2 N–H and O–H groups in total. The normalized spacial score (nSPS) is 12.8. The van der Waals surface area contributed by atoms with Gasteiger partial charge in [0.05, 0.1) is 6.61 Å². The Labute approximate surface area is 104 Å². The Bertz CT molecular complexity index is 429. The van der Waals surface area contributed by atoms with Crippen LogP contribution in [0.15, 0.2) is 24.4 Å². The number of carboxylic acids is 1. The van der Waals surface area contributed by atoms with Gasteiger partial charge in [-0.25, -0.2) is 14.6 Å². The summed E-state index contributed by atoms with van der Waals surface area (Å²) in [6.07, 6.45) is -0.0270. The predicted octanol–water partition coefficient (Wildman–Crippen LogP) is 0.710. The number of rotatable bonds is 5. The topological polar surface area (TPSA) is 96.7 Å². The number of carbonyl (C=O) groups excluding carboxylic acids is 1. The van der Waals surface area contributed by atoms with Crippen molar-refractivity contribution in [1.29, 1.82) is 0 Å². The lowest BCUT2D eigenvalue weighted by Gasteiger charge is -2.28. The van der Waals surface area contributed by atoms with Crippen molar-refractivity contribution in [2.75, 3.05) is 6.61 Å². The molecular formula is C12H15NO5. The maximum atomic E-state index is 11.7. The van der Waals surface area contributed by atoms with Crippen LogP contribution in [0.1, 0.15) is 24.3 Å². The molecule has 0 saturated carbocycles. The lowest BCUT2D eigenvalue weighted by atomic mass is 9.87. The number of aromatic nitrogens is 1. The van der Waals surface area contributed by atoms with Crippen molar-refractivity contribution in [1.82, 2.24) is 4.98 Å². The molecule has 0 radical (unpaired) electrons. The molecule has 0 fully saturated rings. The Balaban J connectivity index is 2.86. The zero-order valence-corrected chi connectivity index (χ0v) is 10.2. The Kier molecular flexibility index (Phi) is 4.38. The molecule has 98 valence electrons. The van der Waals surface area contributed by atoms with Gasteiger partial charge in [0.25, 0.3) is 0 Å². The van der Waals surface area contributed by atoms with Gasteiger partial charge in [-0.15, -0.1) is 0 Å². The van der Waals surface area contributed by atoms with Crippen molar-refractivity contribution in [3.05, 3.63) is 30.1 Å². The van der Waals surface area contributed by atoms with Crippen LogP contribution in [0, 0.1) is 5.41 Å². The number of hydrogen-bond donors (Lipinski definition) is 2. The van der Waals surface area contributed by atoms with Gasteiger partial charge in [0.15, 0.2) is 0 Å². The number of ether oxygens (including phenoxy) is 1. The van der Waals surface area contributed by atoms with E-state index in [2.05, 4.69) is 4.98 Å². The minimum Gasteiger partial charge on any atom is -0.478 e. The van der Waals surface area contributed by atoms with Crippen molar-refractivity contribution in [3.63, 3.8) is 0 Å². The summed E-state index contributed by atoms with van der Waals surface area (Å²) in [4.78, 5) is 26.5. The molecule has 1 aromatic rings. The first kappa shape index (κ1) is 14.1. The summed E-state index contributed by atoms with van der Waals surface area (Å²) in [5, 5.41) is 18.2. The first-order chi connectivity index (χ1) is 8.38. The standard InChI is InChI=1S/C12H15NO5/c1-12(2,7-14)9(10(15)16)18-11(17)8-5-3-4-6-13-8/h3-6,9,14H,7H2,1-2H3,(H,15,16). The third kappa shape index (κ3) is 3.27. The third-order valence-electron chi connectivity index (χ3n) is 2.44. The fourth-order valence-electron chi connectivity index (χ4n) is 1.28. The largest absolute Gasteiger partial charge is 0.478 e. The van der Waals surface area contributed by atoms with E-state index in [0.29, 0.717) is 0 Å². The molecule has 1 aromatic heterocycles. The summed E-state index contributed by atoms with van der Waals surface area (Å²) >= 11 is 0. The molecule has 18 heavy (non-hydrogen) atoms. The molecule has 6 nitrogen and oxygen atoms in total. The van der Waals surface area contributed by atoms with Crippen LogP contribution in [-0.2, 0) is 9.53 Å². The van der Waals surface area contributed by atoms with Crippen molar-refractivity contribution < 1.29 is 24.5 Å². The summed E-state index contributed by atoms with van der Waals surface area (Å²) in [7, 11) is 0. The summed E-state index contributed by atoms with van der Waals surface area (Å²) in [6, 6.07) is 4.65. The predicted molar refractivity (Wildman–Crippen MR) is 61.9 cm³/mol. The average Bonchev–Trinajstić information content (AvgIpc) is 2.36. The van der Waals surface area contributed by atoms with E-state index in [1.807, 2.05) is 0 Å². The first-order valence-electron chi connectivity index (χ1n) is 5.34. The van der Waals surface area contributed by atoms with Crippen LogP contribution in [0.25, 0.3) is 0 Å². The van der Waals surface area contributed by atoms with Gasteiger partial charge in [0.1, 0.15) is 5.69 Å². The molecular weight excluding hydrogens is 238 g/mol. The number of aliphatic carboxylic acids is 1. The van der Waals surface area contributed by atoms with Crippen LogP contribution in [0.5, 0.6) is 0 Å². The number of nitrogens with zero attached hydrogens (tertiary/aromatic N) is 1. The number of hydrogen-bond acceptors (Lipinski definition) is 5. The molecule has 1 atom stereocenters. The van der Waals surface area contributed by atoms with Crippen LogP contribution >= 0.6 is 0 Å². The van der Waals surface area contributed by atoms with Crippen molar-refractivity contribution in [2.24, 2.45) is 5.41 Å². The summed E-state index contributed by atoms with van der Waals surface area (Å²) < 4.78 is 4.89. The number of aliphatic hydroxyl groups is 1. The number of pyridine rings is 1. The number of carbonyl (C=O) groups is 2. The van der Waals surface area contributed by atoms with Gasteiger partial charge in [-0.3, -0.25) is 0 Å². The Morgan fingerprint density at radius 2 is 2.11 bits per heavy atom. The minimum absolute atomic E-state index is 0.0255. The van der Waals surface area contributed by atoms with Crippen LogP contribution in [-0.4, -0.2) is 39.8 Å². The fourth-order valence-corrected chi connectivity index (χ4v) is 1.28. The Morgan fingerprint density at radius 1 is 1.44 bits per heavy atom. The second-order valence-corrected chi connectivity index (χ2v) is 4.49. The fraction of sp³-hybridized carbons (Fsp3) is 0.417. The molecule has 0 aliphatic carbocycles. The number of carboxylic acid groups (broad SMARTS) is 1. The molecule has 1 heterocycles. The molecule has 1 rings (SSSR count). The van der Waals surface area contributed by atoms with Crippen molar-refractivity contribution in [2.45, 2.75) is 20.0 Å². The molecule has 0 amide bonds. The van der Waals surface area contributed by atoms with Gasteiger partial charge in [0.2, 0.25) is 6.10 Å². The van der Waals surface area contributed by atoms with E-state index in [0.717, 1.165) is 0 Å². The number of esters is 1. The molecule has 0 aliphatic heterocycles. The van der Waals surface area contributed by atoms with E-state index >= 15 is 0 Å². The van der Waals surface area contributed by atoms with E-state index in [1.165, 1.54) is 26.1 Å². The van der Waals surface area contributed by atoms with E-state index in [9.17, 15) is 9.59 Å². The molecule has 0 bridgehead atoms. The van der Waals surface area contributed by atoms with E-state index < -0.39 is 30.1 Å². The average molecular weight is 253 g/mol. The van der Waals surface area contributed by atoms with Gasteiger partial charge in [-0.1, -0.05) is 19.9 Å². The van der Waals surface area contributed by atoms with Gasteiger partial charge in [-0.05, 0) is 12.1 Å². The van der Waals surface area contributed by atoms with E-state index in [4.69, 9.17) is 14.9 Å². The quantitative estimate of drug-likeness (QED) is 0.750. The van der Waals surface area contributed by atoms with Crippen molar-refractivity contribution >= 4 is 11.9 Å². The highest BCUT2D eigenvalue weighted by Crippen LogP contribution is 2.23. The summed E-state index contributed by atoms with van der Waals surface area (Å²) in [5.74, 6) is -2.14. The van der Waals surface area contributed by atoms with Gasteiger partial charge in [0, 0.05) is 11.6 Å². The third-order valence-corrected chi connectivity index (χ3v) is 2.44. The Morgan fingerprint density at radius 3 is 2.56 bits per heavy atom. The minimum atomic E-state index is -1.43. The molecule has 0 aromatic carbocycles. The van der Waals surface area contributed by atoms with Gasteiger partial charge in [-0.2, -0.15) is 0 Å². The lowest BCUT2D eigenvalue weighted by Crippen LogP contribution is -2.42. The van der Waals surface area contributed by atoms with Gasteiger partial charge >= 0.3 is 11.9 Å². The molecule has 1 unspecified atom stereocenters. The van der Waals surface area contributed by atoms with Gasteiger partial charge < -0.3 is 14.9 Å². The maximum Gasteiger partial charge on any atom is 0.357 e. The lowest BCUT2D eigenvalue weighted by molar-refractivity contribution is -0.155. The molecule has 0 spiro atoms. The zero-order chi connectivity index (χ0) is 13.8. The highest BCUT2D eigenvalue weighted by atomic mass is 16.6. The van der Waals surface area contributed by atoms with Crippen molar-refractivity contribution in [3.8, 4) is 0 Å². The molecule has 0 aliphatic rings. The van der Waals surface area contributed by atoms with Crippen LogP contribution < -0.4 is 0 Å². The Hall–Kier alpha value is -1.95. The van der Waals surface area contributed by atoms with Crippen LogP contribution in [0.4, 0.5) is 0 Å².